The number of aromatic nitrogens is 3. The number of nitrogens with zero attached hydrogens (tertiary/aromatic N) is 3. The van der Waals surface area contributed by atoms with Crippen molar-refractivity contribution >= 4 is 11.0 Å². The van der Waals surface area contributed by atoms with Gasteiger partial charge in [0.1, 0.15) is 0 Å². The van der Waals surface area contributed by atoms with Gasteiger partial charge in [0.25, 0.3) is 0 Å². The minimum absolute atomic E-state index is 0.708. The van der Waals surface area contributed by atoms with E-state index in [4.69, 9.17) is 0 Å². The molecule has 0 spiro atoms. The fourth-order valence-electron chi connectivity index (χ4n) is 0.976. The van der Waals surface area contributed by atoms with E-state index in [1.165, 1.54) is 0 Å². The molecule has 1 radical (unpaired) electrons. The summed E-state index contributed by atoms with van der Waals surface area (Å²) in [4.78, 5) is 11.9. The summed E-state index contributed by atoms with van der Waals surface area (Å²) in [5, 5.41) is 0.992. The lowest BCUT2D eigenvalue weighted by Gasteiger charge is -1.95. The molecule has 0 aliphatic rings. The Morgan fingerprint density at radius 1 is 1.36 bits per heavy atom. The SMILES string of the molecule is Cc1n[c]nc2ncccc12. The molecule has 2 rings (SSSR count). The zero-order valence-electron chi connectivity index (χ0n) is 6.07. The van der Waals surface area contributed by atoms with Crippen molar-refractivity contribution in [2.45, 2.75) is 6.92 Å². The first-order valence-electron chi connectivity index (χ1n) is 3.33. The molecule has 0 saturated carbocycles. The summed E-state index contributed by atoms with van der Waals surface area (Å²) in [6.07, 6.45) is 4.25. The Kier molecular flexibility index (Phi) is 1.28. The van der Waals surface area contributed by atoms with Crippen LogP contribution in [0.1, 0.15) is 5.69 Å². The highest BCUT2D eigenvalue weighted by Gasteiger charge is 1.96. The van der Waals surface area contributed by atoms with E-state index in [9.17, 15) is 0 Å². The van der Waals surface area contributed by atoms with Crippen molar-refractivity contribution in [2.24, 2.45) is 0 Å². The van der Waals surface area contributed by atoms with Gasteiger partial charge in [0, 0.05) is 11.6 Å². The van der Waals surface area contributed by atoms with Crippen molar-refractivity contribution < 1.29 is 0 Å². The molecule has 0 bridgehead atoms. The maximum absolute atomic E-state index is 4.06. The molecule has 0 fully saturated rings. The van der Waals surface area contributed by atoms with Crippen LogP contribution in [0.15, 0.2) is 18.3 Å². The van der Waals surface area contributed by atoms with Crippen molar-refractivity contribution in [3.8, 4) is 0 Å². The first kappa shape index (κ1) is 6.22. The Hall–Kier alpha value is -1.51. The lowest BCUT2D eigenvalue weighted by molar-refractivity contribution is 1.11. The monoisotopic (exact) mass is 144 g/mol. The van der Waals surface area contributed by atoms with Crippen LogP contribution in [0.4, 0.5) is 0 Å². The molecule has 2 heterocycles. The number of fused-ring (bicyclic) bond motifs is 1. The zero-order valence-corrected chi connectivity index (χ0v) is 6.07. The number of aryl methyl sites for hydroxylation is 1. The third-order valence-corrected chi connectivity index (χ3v) is 1.55. The molecule has 53 valence electrons. The van der Waals surface area contributed by atoms with Gasteiger partial charge < -0.3 is 0 Å². The maximum atomic E-state index is 4.06. The van der Waals surface area contributed by atoms with Crippen LogP contribution in [0.5, 0.6) is 0 Å². The second-order valence-electron chi connectivity index (χ2n) is 2.28. The molecular weight excluding hydrogens is 138 g/mol. The van der Waals surface area contributed by atoms with Gasteiger partial charge in [-0.15, -0.1) is 0 Å². The maximum Gasteiger partial charge on any atom is 0.200 e. The van der Waals surface area contributed by atoms with E-state index in [1.54, 1.807) is 6.20 Å². The van der Waals surface area contributed by atoms with E-state index in [2.05, 4.69) is 21.3 Å². The molecule has 0 amide bonds. The van der Waals surface area contributed by atoms with Gasteiger partial charge in [-0.05, 0) is 19.1 Å². The normalized spacial score (nSPS) is 10.3. The van der Waals surface area contributed by atoms with Gasteiger partial charge in [0.2, 0.25) is 0 Å². The minimum Gasteiger partial charge on any atom is -0.237 e. The van der Waals surface area contributed by atoms with Gasteiger partial charge in [-0.25, -0.2) is 15.0 Å². The second kappa shape index (κ2) is 2.27. The van der Waals surface area contributed by atoms with E-state index in [-0.39, 0.29) is 0 Å². The summed E-state index contributed by atoms with van der Waals surface area (Å²) in [7, 11) is 0. The molecule has 0 unspecified atom stereocenters. The molecule has 0 N–H and O–H groups in total. The van der Waals surface area contributed by atoms with Crippen molar-refractivity contribution in [1.29, 1.82) is 0 Å². The molecule has 0 aliphatic heterocycles. The van der Waals surface area contributed by atoms with Crippen molar-refractivity contribution in [1.82, 2.24) is 15.0 Å². The molecule has 0 saturated heterocycles. The second-order valence-corrected chi connectivity index (χ2v) is 2.28. The molecule has 11 heavy (non-hydrogen) atoms. The quantitative estimate of drug-likeness (QED) is 0.556. The third-order valence-electron chi connectivity index (χ3n) is 1.55. The molecule has 2 aromatic heterocycles. The Morgan fingerprint density at radius 3 is 3.09 bits per heavy atom. The molecule has 0 aromatic carbocycles. The highest BCUT2D eigenvalue weighted by molar-refractivity contribution is 5.75. The minimum atomic E-state index is 0.708. The van der Waals surface area contributed by atoms with Gasteiger partial charge in [-0.1, -0.05) is 0 Å². The molecule has 0 atom stereocenters. The molecule has 0 aliphatic carbocycles. The highest BCUT2D eigenvalue weighted by Crippen LogP contribution is 2.08. The van der Waals surface area contributed by atoms with E-state index >= 15 is 0 Å². The fourth-order valence-corrected chi connectivity index (χ4v) is 0.976. The lowest BCUT2D eigenvalue weighted by atomic mass is 10.3. The van der Waals surface area contributed by atoms with Crippen LogP contribution in [0, 0.1) is 13.3 Å². The van der Waals surface area contributed by atoms with E-state index in [0.29, 0.717) is 5.65 Å². The van der Waals surface area contributed by atoms with Gasteiger partial charge in [0.15, 0.2) is 12.0 Å². The number of hydrogen-bond donors (Lipinski definition) is 0. The van der Waals surface area contributed by atoms with Crippen LogP contribution in [-0.4, -0.2) is 15.0 Å². The first-order chi connectivity index (χ1) is 5.38. The third kappa shape index (κ3) is 0.941. The molecule has 3 nitrogen and oxygen atoms in total. The summed E-state index contributed by atoms with van der Waals surface area (Å²) in [6.45, 7) is 1.92. The Labute approximate surface area is 64.1 Å². The average molecular weight is 144 g/mol. The van der Waals surface area contributed by atoms with Crippen LogP contribution in [0.3, 0.4) is 0 Å². The fraction of sp³-hybridized carbons (Fsp3) is 0.125. The number of pyridine rings is 1. The number of rotatable bonds is 0. The Bertz CT molecular complexity index is 378. The zero-order chi connectivity index (χ0) is 7.68. The lowest BCUT2D eigenvalue weighted by Crippen LogP contribution is -1.88. The Morgan fingerprint density at radius 2 is 2.27 bits per heavy atom. The largest absolute Gasteiger partial charge is 0.237 e. The summed E-state index contributed by atoms with van der Waals surface area (Å²) < 4.78 is 0. The summed E-state index contributed by atoms with van der Waals surface area (Å²) >= 11 is 0. The first-order valence-corrected chi connectivity index (χ1v) is 3.33. The Balaban J connectivity index is 2.91. The van der Waals surface area contributed by atoms with Crippen LogP contribution in [-0.2, 0) is 0 Å². The predicted molar refractivity (Wildman–Crippen MR) is 40.9 cm³/mol. The van der Waals surface area contributed by atoms with Gasteiger partial charge in [-0.2, -0.15) is 0 Å². The van der Waals surface area contributed by atoms with E-state index in [0.717, 1.165) is 11.1 Å². The van der Waals surface area contributed by atoms with E-state index < -0.39 is 0 Å². The van der Waals surface area contributed by atoms with Gasteiger partial charge in [-0.3, -0.25) is 0 Å². The van der Waals surface area contributed by atoms with Gasteiger partial charge >= 0.3 is 0 Å². The van der Waals surface area contributed by atoms with Crippen molar-refractivity contribution in [2.75, 3.05) is 0 Å². The standard InChI is InChI=1S/C8H6N3/c1-6-7-3-2-4-9-8(7)11-5-10-6/h2-4H,1H3. The van der Waals surface area contributed by atoms with Crippen molar-refractivity contribution in [3.63, 3.8) is 0 Å². The molecule has 3 heteroatoms. The average Bonchev–Trinajstić information content (AvgIpc) is 2.06. The summed E-state index contributed by atoms with van der Waals surface area (Å²) in [5.41, 5.74) is 1.63. The predicted octanol–water partition coefficient (Wildman–Crippen LogP) is 1.13. The summed E-state index contributed by atoms with van der Waals surface area (Å²) in [5.74, 6) is 0. The van der Waals surface area contributed by atoms with Gasteiger partial charge in [0.05, 0.1) is 5.69 Å². The van der Waals surface area contributed by atoms with Crippen LogP contribution in [0.2, 0.25) is 0 Å². The number of hydrogen-bond acceptors (Lipinski definition) is 3. The van der Waals surface area contributed by atoms with Crippen LogP contribution < -0.4 is 0 Å². The van der Waals surface area contributed by atoms with Crippen LogP contribution in [0.25, 0.3) is 11.0 Å². The molecule has 2 aromatic rings. The topological polar surface area (TPSA) is 38.7 Å². The highest BCUT2D eigenvalue weighted by atomic mass is 14.9. The summed E-state index contributed by atoms with van der Waals surface area (Å²) in [6, 6.07) is 3.82. The van der Waals surface area contributed by atoms with Crippen molar-refractivity contribution in [3.05, 3.63) is 30.4 Å². The molecular formula is C8H6N3. The van der Waals surface area contributed by atoms with Crippen LogP contribution >= 0.6 is 0 Å². The smallest absolute Gasteiger partial charge is 0.200 e. The van der Waals surface area contributed by atoms with E-state index in [1.807, 2.05) is 19.1 Å².